The van der Waals surface area contributed by atoms with Crippen molar-refractivity contribution >= 4 is 11.6 Å². The molecule has 5 heteroatoms. The molecule has 1 aliphatic heterocycles. The number of likely N-dealkylation sites (tertiary alicyclic amines) is 1. The molecule has 1 aromatic carbocycles. The van der Waals surface area contributed by atoms with Crippen LogP contribution in [0, 0.1) is 0 Å². The lowest BCUT2D eigenvalue weighted by Gasteiger charge is -2.14. The van der Waals surface area contributed by atoms with Gasteiger partial charge in [-0.15, -0.1) is 0 Å². The molecule has 1 aliphatic rings. The van der Waals surface area contributed by atoms with Gasteiger partial charge >= 0.3 is 0 Å². The van der Waals surface area contributed by atoms with Gasteiger partial charge in [0, 0.05) is 18.8 Å². The summed E-state index contributed by atoms with van der Waals surface area (Å²) in [6.45, 7) is 4.62. The van der Waals surface area contributed by atoms with Gasteiger partial charge in [-0.3, -0.25) is 4.79 Å². The molecule has 0 atom stereocenters. The van der Waals surface area contributed by atoms with Gasteiger partial charge in [0.05, 0.1) is 13.7 Å². The number of rotatable bonds is 7. The standard InChI is InChI=1S/C15H23N3O2/c1-20-14-6-4-13(5-7-14)17-15(19)12-16-8-11-18-9-2-3-10-18/h4-7,16H,2-3,8-12H2,1H3,(H,17,19). The van der Waals surface area contributed by atoms with Crippen LogP contribution in [0.2, 0.25) is 0 Å². The molecule has 0 aromatic heterocycles. The first-order valence-electron chi connectivity index (χ1n) is 7.15. The van der Waals surface area contributed by atoms with E-state index >= 15 is 0 Å². The molecule has 1 aromatic rings. The summed E-state index contributed by atoms with van der Waals surface area (Å²) in [5.74, 6) is 0.767. The van der Waals surface area contributed by atoms with E-state index in [0.29, 0.717) is 6.54 Å². The van der Waals surface area contributed by atoms with Crippen LogP contribution >= 0.6 is 0 Å². The van der Waals surface area contributed by atoms with Crippen molar-refractivity contribution in [3.8, 4) is 5.75 Å². The third kappa shape index (κ3) is 4.83. The number of benzene rings is 1. The number of hydrogen-bond acceptors (Lipinski definition) is 4. The first kappa shape index (κ1) is 14.8. The van der Waals surface area contributed by atoms with Crippen molar-refractivity contribution in [2.75, 3.05) is 45.2 Å². The molecule has 2 rings (SSSR count). The Bertz CT molecular complexity index is 414. The highest BCUT2D eigenvalue weighted by molar-refractivity contribution is 5.92. The van der Waals surface area contributed by atoms with Crippen molar-refractivity contribution in [2.45, 2.75) is 12.8 Å². The van der Waals surface area contributed by atoms with Gasteiger partial charge < -0.3 is 20.3 Å². The van der Waals surface area contributed by atoms with Crippen LogP contribution in [-0.2, 0) is 4.79 Å². The van der Waals surface area contributed by atoms with Crippen LogP contribution in [0.1, 0.15) is 12.8 Å². The second kappa shape index (κ2) is 7.87. The van der Waals surface area contributed by atoms with Crippen molar-refractivity contribution in [1.29, 1.82) is 0 Å². The van der Waals surface area contributed by atoms with E-state index in [2.05, 4.69) is 15.5 Å². The van der Waals surface area contributed by atoms with E-state index in [-0.39, 0.29) is 5.91 Å². The molecule has 1 fully saturated rings. The number of nitrogens with zero attached hydrogens (tertiary/aromatic N) is 1. The number of amides is 1. The van der Waals surface area contributed by atoms with Crippen molar-refractivity contribution < 1.29 is 9.53 Å². The molecule has 0 spiro atoms. The van der Waals surface area contributed by atoms with Gasteiger partial charge in [0.15, 0.2) is 0 Å². The highest BCUT2D eigenvalue weighted by Gasteiger charge is 2.10. The average Bonchev–Trinajstić information content (AvgIpc) is 2.98. The van der Waals surface area contributed by atoms with Crippen molar-refractivity contribution in [1.82, 2.24) is 10.2 Å². The molecular weight excluding hydrogens is 254 g/mol. The molecule has 5 nitrogen and oxygen atoms in total. The topological polar surface area (TPSA) is 53.6 Å². The molecule has 0 saturated carbocycles. The summed E-state index contributed by atoms with van der Waals surface area (Å²) in [7, 11) is 1.62. The number of methoxy groups -OCH3 is 1. The first-order chi connectivity index (χ1) is 9.78. The Hall–Kier alpha value is -1.59. The van der Waals surface area contributed by atoms with E-state index in [0.717, 1.165) is 24.5 Å². The number of hydrogen-bond donors (Lipinski definition) is 2. The third-order valence-corrected chi connectivity index (χ3v) is 3.46. The molecule has 0 radical (unpaired) electrons. The number of nitrogens with one attached hydrogen (secondary N) is 2. The van der Waals surface area contributed by atoms with Gasteiger partial charge in [-0.1, -0.05) is 0 Å². The second-order valence-electron chi connectivity index (χ2n) is 5.00. The minimum atomic E-state index is -0.0170. The predicted molar refractivity (Wildman–Crippen MR) is 80.2 cm³/mol. The van der Waals surface area contributed by atoms with Crippen molar-refractivity contribution in [2.24, 2.45) is 0 Å². The molecule has 20 heavy (non-hydrogen) atoms. The zero-order valence-corrected chi connectivity index (χ0v) is 12.0. The summed E-state index contributed by atoms with van der Waals surface area (Å²) in [5.41, 5.74) is 0.789. The van der Waals surface area contributed by atoms with Gasteiger partial charge in [0.25, 0.3) is 0 Å². The van der Waals surface area contributed by atoms with Gasteiger partial charge in [-0.05, 0) is 50.2 Å². The van der Waals surface area contributed by atoms with Gasteiger partial charge in [-0.25, -0.2) is 0 Å². The van der Waals surface area contributed by atoms with Gasteiger partial charge in [-0.2, -0.15) is 0 Å². The fraction of sp³-hybridized carbons (Fsp3) is 0.533. The number of anilines is 1. The average molecular weight is 277 g/mol. The first-order valence-corrected chi connectivity index (χ1v) is 7.15. The minimum absolute atomic E-state index is 0.0170. The van der Waals surface area contributed by atoms with Gasteiger partial charge in [0.2, 0.25) is 5.91 Å². The monoisotopic (exact) mass is 277 g/mol. The highest BCUT2D eigenvalue weighted by Crippen LogP contribution is 2.14. The lowest BCUT2D eigenvalue weighted by atomic mass is 10.3. The Kier molecular flexibility index (Phi) is 5.83. The van der Waals surface area contributed by atoms with Crippen LogP contribution in [0.25, 0.3) is 0 Å². The van der Waals surface area contributed by atoms with E-state index in [9.17, 15) is 4.79 Å². The Balaban J connectivity index is 1.61. The van der Waals surface area contributed by atoms with E-state index in [1.807, 2.05) is 24.3 Å². The lowest BCUT2D eigenvalue weighted by molar-refractivity contribution is -0.115. The Labute approximate surface area is 120 Å². The normalized spacial score (nSPS) is 15.2. The van der Waals surface area contributed by atoms with Crippen LogP contribution in [0.4, 0.5) is 5.69 Å². The summed E-state index contributed by atoms with van der Waals surface area (Å²) >= 11 is 0. The maximum Gasteiger partial charge on any atom is 0.238 e. The predicted octanol–water partition coefficient (Wildman–Crippen LogP) is 1.32. The molecular formula is C15H23N3O2. The van der Waals surface area contributed by atoms with E-state index in [1.54, 1.807) is 7.11 Å². The fourth-order valence-corrected chi connectivity index (χ4v) is 2.32. The van der Waals surface area contributed by atoms with Crippen molar-refractivity contribution in [3.63, 3.8) is 0 Å². The molecule has 1 heterocycles. The van der Waals surface area contributed by atoms with Crippen LogP contribution in [0.5, 0.6) is 5.75 Å². The number of carbonyl (C=O) groups excluding carboxylic acids is 1. The van der Waals surface area contributed by atoms with E-state index in [1.165, 1.54) is 25.9 Å². The minimum Gasteiger partial charge on any atom is -0.497 e. The van der Waals surface area contributed by atoms with E-state index in [4.69, 9.17) is 4.74 Å². The number of ether oxygens (including phenoxy) is 1. The molecule has 110 valence electrons. The molecule has 0 aliphatic carbocycles. The fourth-order valence-electron chi connectivity index (χ4n) is 2.32. The lowest BCUT2D eigenvalue weighted by Crippen LogP contribution is -2.34. The maximum absolute atomic E-state index is 11.7. The molecule has 0 unspecified atom stereocenters. The zero-order chi connectivity index (χ0) is 14.2. The smallest absolute Gasteiger partial charge is 0.238 e. The third-order valence-electron chi connectivity index (χ3n) is 3.46. The van der Waals surface area contributed by atoms with Crippen molar-refractivity contribution in [3.05, 3.63) is 24.3 Å². The zero-order valence-electron chi connectivity index (χ0n) is 12.0. The Morgan fingerprint density at radius 1 is 1.25 bits per heavy atom. The summed E-state index contributed by atoms with van der Waals surface area (Å²) < 4.78 is 5.07. The summed E-state index contributed by atoms with van der Waals surface area (Å²) in [6.07, 6.45) is 2.61. The van der Waals surface area contributed by atoms with Crippen LogP contribution < -0.4 is 15.4 Å². The summed E-state index contributed by atoms with van der Waals surface area (Å²) in [5, 5.41) is 6.03. The Morgan fingerprint density at radius 3 is 2.60 bits per heavy atom. The summed E-state index contributed by atoms with van der Waals surface area (Å²) in [6, 6.07) is 7.33. The van der Waals surface area contributed by atoms with E-state index < -0.39 is 0 Å². The number of carbonyl (C=O) groups is 1. The van der Waals surface area contributed by atoms with Crippen LogP contribution in [-0.4, -0.2) is 50.6 Å². The maximum atomic E-state index is 11.7. The summed E-state index contributed by atoms with van der Waals surface area (Å²) in [4.78, 5) is 14.2. The molecule has 1 saturated heterocycles. The molecule has 0 bridgehead atoms. The quantitative estimate of drug-likeness (QED) is 0.738. The largest absolute Gasteiger partial charge is 0.497 e. The Morgan fingerprint density at radius 2 is 1.95 bits per heavy atom. The second-order valence-corrected chi connectivity index (χ2v) is 5.00. The SMILES string of the molecule is COc1ccc(NC(=O)CNCCN2CCCC2)cc1. The molecule has 2 N–H and O–H groups in total. The van der Waals surface area contributed by atoms with Gasteiger partial charge in [0.1, 0.15) is 5.75 Å². The van der Waals surface area contributed by atoms with Crippen LogP contribution in [0.3, 0.4) is 0 Å². The molecule has 1 amide bonds. The van der Waals surface area contributed by atoms with Crippen LogP contribution in [0.15, 0.2) is 24.3 Å². The highest BCUT2D eigenvalue weighted by atomic mass is 16.5.